The smallest absolute Gasteiger partial charge is 0.319 e. The molecule has 29 heavy (non-hydrogen) atoms. The Hall–Kier alpha value is -3.75. The maximum Gasteiger partial charge on any atom is 0.417 e. The third-order valence-electron chi connectivity index (χ3n) is 4.32. The summed E-state index contributed by atoms with van der Waals surface area (Å²) in [5.41, 5.74) is 0.699. The molecule has 0 atom stereocenters. The number of aryl methyl sites for hydroxylation is 1. The zero-order valence-electron chi connectivity index (χ0n) is 15.1. The van der Waals surface area contributed by atoms with Crippen LogP contribution in [0.15, 0.2) is 61.1 Å². The minimum Gasteiger partial charge on any atom is -0.319 e. The van der Waals surface area contributed by atoms with Gasteiger partial charge in [0.15, 0.2) is 11.3 Å². The molecule has 0 unspecified atom stereocenters. The highest BCUT2D eigenvalue weighted by atomic mass is 19.4. The molecule has 4 aromatic rings. The van der Waals surface area contributed by atoms with E-state index in [1.165, 1.54) is 35.1 Å². The number of anilines is 1. The lowest BCUT2D eigenvalue weighted by Gasteiger charge is -2.14. The van der Waals surface area contributed by atoms with Crippen molar-refractivity contribution in [3.8, 4) is 11.3 Å². The van der Waals surface area contributed by atoms with Gasteiger partial charge in [0.2, 0.25) is 0 Å². The molecular weight excluding hydrogens is 383 g/mol. The van der Waals surface area contributed by atoms with Gasteiger partial charge in [0.25, 0.3) is 5.91 Å². The Morgan fingerprint density at radius 1 is 1.10 bits per heavy atom. The lowest BCUT2D eigenvalue weighted by atomic mass is 10.0. The lowest BCUT2D eigenvalue weighted by Crippen LogP contribution is -2.16. The summed E-state index contributed by atoms with van der Waals surface area (Å²) in [7, 11) is 0. The quantitative estimate of drug-likeness (QED) is 0.557. The van der Waals surface area contributed by atoms with Crippen molar-refractivity contribution in [2.45, 2.75) is 13.1 Å². The van der Waals surface area contributed by atoms with E-state index in [9.17, 15) is 18.0 Å². The molecule has 1 amide bonds. The first-order valence-electron chi connectivity index (χ1n) is 8.58. The molecule has 146 valence electrons. The first-order valence-corrected chi connectivity index (χ1v) is 8.58. The largest absolute Gasteiger partial charge is 0.417 e. The van der Waals surface area contributed by atoms with E-state index in [0.717, 1.165) is 6.07 Å². The Morgan fingerprint density at radius 2 is 1.90 bits per heavy atom. The summed E-state index contributed by atoms with van der Waals surface area (Å²) in [6.45, 7) is 1.65. The van der Waals surface area contributed by atoms with Crippen LogP contribution in [0.25, 0.3) is 16.9 Å². The van der Waals surface area contributed by atoms with Crippen molar-refractivity contribution < 1.29 is 18.0 Å². The van der Waals surface area contributed by atoms with Crippen molar-refractivity contribution in [2.75, 3.05) is 5.32 Å². The van der Waals surface area contributed by atoms with Crippen LogP contribution in [0.3, 0.4) is 0 Å². The predicted octanol–water partition coefficient (Wildman–Crippen LogP) is 4.37. The van der Waals surface area contributed by atoms with Crippen molar-refractivity contribution in [1.29, 1.82) is 0 Å². The Bertz CT molecular complexity index is 1200. The minimum absolute atomic E-state index is 0.0632. The van der Waals surface area contributed by atoms with Crippen molar-refractivity contribution in [3.63, 3.8) is 0 Å². The Labute approximate surface area is 163 Å². The predicted molar refractivity (Wildman–Crippen MR) is 100 cm³/mol. The molecule has 6 nitrogen and oxygen atoms in total. The molecule has 0 saturated carbocycles. The van der Waals surface area contributed by atoms with Crippen LogP contribution in [-0.4, -0.2) is 25.5 Å². The van der Waals surface area contributed by atoms with Crippen LogP contribution in [-0.2, 0) is 6.18 Å². The van der Waals surface area contributed by atoms with Gasteiger partial charge >= 0.3 is 6.18 Å². The molecule has 4 rings (SSSR count). The number of alkyl halides is 3. The molecule has 0 aliphatic heterocycles. The second-order valence-corrected chi connectivity index (χ2v) is 6.33. The number of rotatable bonds is 3. The van der Waals surface area contributed by atoms with Crippen molar-refractivity contribution in [3.05, 3.63) is 77.9 Å². The number of fused-ring (bicyclic) bond motifs is 1. The number of benzene rings is 1. The number of nitrogens with one attached hydrogen (secondary N) is 1. The van der Waals surface area contributed by atoms with Gasteiger partial charge < -0.3 is 5.32 Å². The van der Waals surface area contributed by atoms with E-state index >= 15 is 0 Å². The maximum absolute atomic E-state index is 13.5. The summed E-state index contributed by atoms with van der Waals surface area (Å²) >= 11 is 0. The summed E-state index contributed by atoms with van der Waals surface area (Å²) in [4.78, 5) is 20.7. The van der Waals surface area contributed by atoms with Gasteiger partial charge in [-0.3, -0.25) is 9.78 Å². The van der Waals surface area contributed by atoms with Gasteiger partial charge in [-0.2, -0.15) is 18.3 Å². The summed E-state index contributed by atoms with van der Waals surface area (Å²) < 4.78 is 41.6. The molecule has 3 heterocycles. The van der Waals surface area contributed by atoms with Gasteiger partial charge in [-0.1, -0.05) is 18.2 Å². The zero-order valence-corrected chi connectivity index (χ0v) is 15.1. The number of nitrogens with zero attached hydrogens (tertiary/aromatic N) is 4. The molecule has 0 saturated heterocycles. The number of hydrogen-bond donors (Lipinski definition) is 1. The van der Waals surface area contributed by atoms with E-state index in [1.807, 2.05) is 0 Å². The molecule has 9 heteroatoms. The van der Waals surface area contributed by atoms with Crippen LogP contribution in [0, 0.1) is 6.92 Å². The van der Waals surface area contributed by atoms with Gasteiger partial charge in [-0.15, -0.1) is 0 Å². The first-order chi connectivity index (χ1) is 13.8. The van der Waals surface area contributed by atoms with E-state index < -0.39 is 17.6 Å². The van der Waals surface area contributed by atoms with Crippen LogP contribution in [0.1, 0.15) is 21.6 Å². The van der Waals surface area contributed by atoms with E-state index in [0.29, 0.717) is 16.9 Å². The monoisotopic (exact) mass is 397 g/mol. The lowest BCUT2D eigenvalue weighted by molar-refractivity contribution is -0.137. The van der Waals surface area contributed by atoms with E-state index in [4.69, 9.17) is 0 Å². The number of imidazole rings is 1. The number of hydrogen-bond acceptors (Lipinski definition) is 4. The van der Waals surface area contributed by atoms with E-state index in [1.54, 1.807) is 31.3 Å². The Kier molecular flexibility index (Phi) is 4.50. The van der Waals surface area contributed by atoms with E-state index in [2.05, 4.69) is 20.4 Å². The summed E-state index contributed by atoms with van der Waals surface area (Å²) in [5, 5.41) is 6.98. The standard InChI is InChI=1S/C20H14F3N5O/c1-12-9-17-25-11-16(19(29)26-13-5-4-8-24-10-13)28(17)27-18(12)14-6-2-3-7-15(14)20(21,22)23/h2-11H,1H3,(H,26,29). The van der Waals surface area contributed by atoms with Gasteiger partial charge in [-0.25, -0.2) is 9.50 Å². The molecule has 0 radical (unpaired) electrons. The summed E-state index contributed by atoms with van der Waals surface area (Å²) in [5.74, 6) is -0.503. The number of carbonyl (C=O) groups is 1. The number of halogens is 3. The molecule has 0 aliphatic carbocycles. The molecule has 1 aromatic carbocycles. The number of amides is 1. The minimum atomic E-state index is -4.53. The fourth-order valence-corrected chi connectivity index (χ4v) is 2.99. The van der Waals surface area contributed by atoms with Gasteiger partial charge in [0, 0.05) is 11.8 Å². The van der Waals surface area contributed by atoms with Gasteiger partial charge in [0.05, 0.1) is 29.3 Å². The van der Waals surface area contributed by atoms with Gasteiger partial charge in [0.1, 0.15) is 0 Å². The normalized spacial score (nSPS) is 11.6. The molecule has 1 N–H and O–H groups in total. The average molecular weight is 397 g/mol. The van der Waals surface area contributed by atoms with Crippen molar-refractivity contribution in [2.24, 2.45) is 0 Å². The SMILES string of the molecule is Cc1cc2ncc(C(=O)Nc3cccnc3)n2nc1-c1ccccc1C(F)(F)F. The molecule has 3 aromatic heterocycles. The third-order valence-corrected chi connectivity index (χ3v) is 4.32. The fraction of sp³-hybridized carbons (Fsp3) is 0.100. The van der Waals surface area contributed by atoms with Crippen LogP contribution in [0.2, 0.25) is 0 Å². The first kappa shape index (κ1) is 18.6. The number of carbonyl (C=O) groups excluding carboxylic acids is 1. The second kappa shape index (κ2) is 7.01. The third kappa shape index (κ3) is 3.54. The Balaban J connectivity index is 1.82. The second-order valence-electron chi connectivity index (χ2n) is 6.33. The van der Waals surface area contributed by atoms with Crippen LogP contribution >= 0.6 is 0 Å². The molecule has 0 spiro atoms. The van der Waals surface area contributed by atoms with E-state index in [-0.39, 0.29) is 17.0 Å². The summed E-state index contributed by atoms with van der Waals surface area (Å²) in [6, 6.07) is 10.1. The molecule has 0 aliphatic rings. The maximum atomic E-state index is 13.5. The topological polar surface area (TPSA) is 72.2 Å². The van der Waals surface area contributed by atoms with Crippen molar-refractivity contribution in [1.82, 2.24) is 19.6 Å². The Morgan fingerprint density at radius 3 is 2.62 bits per heavy atom. The van der Waals surface area contributed by atoms with Gasteiger partial charge in [-0.05, 0) is 36.8 Å². The average Bonchev–Trinajstić information content (AvgIpc) is 3.10. The van der Waals surface area contributed by atoms with Crippen molar-refractivity contribution >= 4 is 17.2 Å². The number of aromatic nitrogens is 4. The highest BCUT2D eigenvalue weighted by molar-refractivity contribution is 6.03. The van der Waals surface area contributed by atoms with Crippen LogP contribution < -0.4 is 5.32 Å². The highest BCUT2D eigenvalue weighted by Gasteiger charge is 2.34. The molecule has 0 fully saturated rings. The molecular formula is C20H14F3N5O. The molecule has 0 bridgehead atoms. The zero-order chi connectivity index (χ0) is 20.6. The fourth-order valence-electron chi connectivity index (χ4n) is 2.99. The van der Waals surface area contributed by atoms with Crippen LogP contribution in [0.4, 0.5) is 18.9 Å². The number of pyridine rings is 1. The highest BCUT2D eigenvalue weighted by Crippen LogP contribution is 2.37. The van der Waals surface area contributed by atoms with Crippen LogP contribution in [0.5, 0.6) is 0 Å². The summed E-state index contributed by atoms with van der Waals surface area (Å²) in [6.07, 6.45) is -0.162.